The molecule has 1 aromatic carbocycles. The maximum Gasteiger partial charge on any atom is 0.408 e. The zero-order valence-electron chi connectivity index (χ0n) is 16.4. The maximum absolute atomic E-state index is 13.0. The minimum absolute atomic E-state index is 0.131. The van der Waals surface area contributed by atoms with E-state index in [9.17, 15) is 19.5 Å². The van der Waals surface area contributed by atoms with Crippen LogP contribution in [0.25, 0.3) is 0 Å². The molecule has 1 atom stereocenters. The van der Waals surface area contributed by atoms with Crippen molar-refractivity contribution in [2.45, 2.75) is 38.8 Å². The first kappa shape index (κ1) is 21.0. The molecule has 0 fully saturated rings. The van der Waals surface area contributed by atoms with E-state index < -0.39 is 23.6 Å². The third-order valence-electron chi connectivity index (χ3n) is 4.36. The molecule has 2 N–H and O–H groups in total. The highest BCUT2D eigenvalue weighted by Gasteiger charge is 2.41. The standard InChI is InChI=1S/C19H24N4O5/c1-19(2,3)23(18(26)27)14-11-28-15-7-6-12(16(24)21-9-5-8-20)10-13(15)22(4)17(14)25/h6-7,10,14H,5,9,11H2,1-4H3,(H,21,24)(H,26,27). The third-order valence-corrected chi connectivity index (χ3v) is 4.36. The molecule has 2 rings (SSSR count). The largest absolute Gasteiger partial charge is 0.489 e. The van der Waals surface area contributed by atoms with Crippen molar-refractivity contribution in [1.29, 1.82) is 5.26 Å². The fraction of sp³-hybridized carbons (Fsp3) is 0.474. The first-order chi connectivity index (χ1) is 13.1. The molecule has 0 bridgehead atoms. The Morgan fingerprint density at radius 3 is 2.68 bits per heavy atom. The van der Waals surface area contributed by atoms with Gasteiger partial charge in [-0.3, -0.25) is 14.5 Å². The molecule has 1 unspecified atom stereocenters. The number of carboxylic acid groups (broad SMARTS) is 1. The van der Waals surface area contributed by atoms with Gasteiger partial charge in [0, 0.05) is 24.7 Å². The molecule has 0 saturated carbocycles. The van der Waals surface area contributed by atoms with Crippen LogP contribution in [0.3, 0.4) is 0 Å². The van der Waals surface area contributed by atoms with E-state index in [0.29, 0.717) is 17.0 Å². The molecule has 9 heteroatoms. The van der Waals surface area contributed by atoms with Crippen molar-refractivity contribution in [3.05, 3.63) is 23.8 Å². The van der Waals surface area contributed by atoms with Crippen LogP contribution in [0.2, 0.25) is 0 Å². The topological polar surface area (TPSA) is 123 Å². The number of rotatable bonds is 4. The van der Waals surface area contributed by atoms with Gasteiger partial charge in [0.25, 0.3) is 11.8 Å². The summed E-state index contributed by atoms with van der Waals surface area (Å²) >= 11 is 0. The van der Waals surface area contributed by atoms with E-state index in [4.69, 9.17) is 10.00 Å². The average Bonchev–Trinajstić information content (AvgIpc) is 2.72. The predicted octanol–water partition coefficient (Wildman–Crippen LogP) is 1.83. The van der Waals surface area contributed by atoms with Crippen LogP contribution in [-0.4, -0.2) is 59.7 Å². The van der Waals surface area contributed by atoms with Crippen LogP contribution in [0.15, 0.2) is 18.2 Å². The molecular formula is C19H24N4O5. The summed E-state index contributed by atoms with van der Waals surface area (Å²) < 4.78 is 5.72. The Hall–Kier alpha value is -3.28. The van der Waals surface area contributed by atoms with E-state index in [1.165, 1.54) is 18.0 Å². The lowest BCUT2D eigenvalue weighted by molar-refractivity contribution is -0.125. The number of anilines is 1. The van der Waals surface area contributed by atoms with Crippen LogP contribution in [0.1, 0.15) is 37.6 Å². The molecule has 0 saturated heterocycles. The van der Waals surface area contributed by atoms with E-state index in [-0.39, 0.29) is 25.5 Å². The predicted molar refractivity (Wildman–Crippen MR) is 101 cm³/mol. The average molecular weight is 388 g/mol. The molecule has 150 valence electrons. The van der Waals surface area contributed by atoms with Gasteiger partial charge in [-0.25, -0.2) is 4.79 Å². The summed E-state index contributed by atoms with van der Waals surface area (Å²) in [6, 6.07) is 5.56. The molecular weight excluding hydrogens is 364 g/mol. The first-order valence-electron chi connectivity index (χ1n) is 8.79. The fourth-order valence-electron chi connectivity index (χ4n) is 3.03. The number of carbonyl (C=O) groups excluding carboxylic acids is 2. The van der Waals surface area contributed by atoms with Gasteiger partial charge in [0.1, 0.15) is 18.4 Å². The van der Waals surface area contributed by atoms with Crippen molar-refractivity contribution in [3.63, 3.8) is 0 Å². The molecule has 0 spiro atoms. The maximum atomic E-state index is 13.0. The Bertz CT molecular complexity index is 825. The number of carbonyl (C=O) groups is 3. The number of benzene rings is 1. The number of hydrogen-bond donors (Lipinski definition) is 2. The monoisotopic (exact) mass is 388 g/mol. The van der Waals surface area contributed by atoms with Crippen LogP contribution >= 0.6 is 0 Å². The summed E-state index contributed by atoms with van der Waals surface area (Å²) in [5, 5.41) is 20.8. The molecule has 9 nitrogen and oxygen atoms in total. The van der Waals surface area contributed by atoms with Crippen molar-refractivity contribution in [2.75, 3.05) is 25.1 Å². The molecule has 1 heterocycles. The Labute approximate surface area is 163 Å². The SMILES string of the molecule is CN1C(=O)C(N(C(=O)O)C(C)(C)C)COc2ccc(C(=O)NCCC#N)cc21. The number of fused-ring (bicyclic) bond motifs is 1. The lowest BCUT2D eigenvalue weighted by atomic mass is 10.0. The zero-order valence-corrected chi connectivity index (χ0v) is 16.4. The Kier molecular flexibility index (Phi) is 6.13. The summed E-state index contributed by atoms with van der Waals surface area (Å²) in [5.74, 6) is -0.439. The van der Waals surface area contributed by atoms with Gasteiger partial charge < -0.3 is 20.1 Å². The van der Waals surface area contributed by atoms with Crippen molar-refractivity contribution in [3.8, 4) is 11.8 Å². The van der Waals surface area contributed by atoms with Gasteiger partial charge in [-0.1, -0.05) is 0 Å². The lowest BCUT2D eigenvalue weighted by Gasteiger charge is -2.38. The van der Waals surface area contributed by atoms with E-state index in [0.717, 1.165) is 4.90 Å². The van der Waals surface area contributed by atoms with Crippen LogP contribution in [0, 0.1) is 11.3 Å². The highest BCUT2D eigenvalue weighted by Crippen LogP contribution is 2.33. The number of nitrogens with zero attached hydrogens (tertiary/aromatic N) is 3. The van der Waals surface area contributed by atoms with Gasteiger partial charge in [-0.15, -0.1) is 0 Å². The van der Waals surface area contributed by atoms with Crippen molar-refractivity contribution < 1.29 is 24.2 Å². The number of nitrogens with one attached hydrogen (secondary N) is 1. The summed E-state index contributed by atoms with van der Waals surface area (Å²) in [5.41, 5.74) is -0.123. The van der Waals surface area contributed by atoms with Crippen LogP contribution < -0.4 is 15.0 Å². The quantitative estimate of drug-likeness (QED) is 0.759. The Balaban J connectivity index is 2.33. The van der Waals surface area contributed by atoms with Crippen molar-refractivity contribution >= 4 is 23.6 Å². The second-order valence-corrected chi connectivity index (χ2v) is 7.39. The summed E-state index contributed by atoms with van der Waals surface area (Å²) in [6.07, 6.45) is -1.02. The van der Waals surface area contributed by atoms with Gasteiger partial charge in [0.2, 0.25) is 0 Å². The molecule has 0 aromatic heterocycles. The molecule has 3 amide bonds. The molecule has 1 aromatic rings. The highest BCUT2D eigenvalue weighted by atomic mass is 16.5. The van der Waals surface area contributed by atoms with Crippen molar-refractivity contribution in [2.24, 2.45) is 0 Å². The number of likely N-dealkylation sites (N-methyl/N-ethyl adjacent to an activating group) is 1. The summed E-state index contributed by atoms with van der Waals surface area (Å²) in [4.78, 5) is 39.4. The number of nitriles is 1. The van der Waals surface area contributed by atoms with Crippen LogP contribution in [0.4, 0.5) is 10.5 Å². The molecule has 0 radical (unpaired) electrons. The second-order valence-electron chi connectivity index (χ2n) is 7.39. The minimum atomic E-state index is -1.22. The number of hydrogen-bond acceptors (Lipinski definition) is 5. The Morgan fingerprint density at radius 1 is 1.43 bits per heavy atom. The zero-order chi connectivity index (χ0) is 21.1. The number of amides is 3. The van der Waals surface area contributed by atoms with E-state index in [1.807, 2.05) is 6.07 Å². The number of ether oxygens (including phenoxy) is 1. The minimum Gasteiger partial charge on any atom is -0.489 e. The van der Waals surface area contributed by atoms with Crippen LogP contribution in [-0.2, 0) is 4.79 Å². The molecule has 28 heavy (non-hydrogen) atoms. The normalized spacial score (nSPS) is 16.3. The van der Waals surface area contributed by atoms with Crippen molar-refractivity contribution in [1.82, 2.24) is 10.2 Å². The lowest BCUT2D eigenvalue weighted by Crippen LogP contribution is -2.58. The van der Waals surface area contributed by atoms with Crippen LogP contribution in [0.5, 0.6) is 5.75 Å². The summed E-state index contributed by atoms with van der Waals surface area (Å²) in [7, 11) is 1.52. The smallest absolute Gasteiger partial charge is 0.408 e. The fourth-order valence-corrected chi connectivity index (χ4v) is 3.03. The van der Waals surface area contributed by atoms with Gasteiger partial charge in [0.05, 0.1) is 18.2 Å². The summed E-state index contributed by atoms with van der Waals surface area (Å²) in [6.45, 7) is 5.20. The second kappa shape index (κ2) is 8.17. The molecule has 0 aliphatic carbocycles. The Morgan fingerprint density at radius 2 is 2.11 bits per heavy atom. The van der Waals surface area contributed by atoms with Gasteiger partial charge in [-0.2, -0.15) is 5.26 Å². The molecule has 1 aliphatic rings. The third kappa shape index (κ3) is 4.34. The molecule has 1 aliphatic heterocycles. The van der Waals surface area contributed by atoms with E-state index >= 15 is 0 Å². The van der Waals surface area contributed by atoms with E-state index in [1.54, 1.807) is 32.9 Å². The van der Waals surface area contributed by atoms with Gasteiger partial charge >= 0.3 is 6.09 Å². The van der Waals surface area contributed by atoms with Gasteiger partial charge in [-0.05, 0) is 39.0 Å². The highest BCUT2D eigenvalue weighted by molar-refractivity contribution is 6.02. The van der Waals surface area contributed by atoms with Gasteiger partial charge in [0.15, 0.2) is 0 Å². The first-order valence-corrected chi connectivity index (χ1v) is 8.79. The van der Waals surface area contributed by atoms with E-state index in [2.05, 4.69) is 5.32 Å².